The number of hydrogen-bond acceptors (Lipinski definition) is 2. The second kappa shape index (κ2) is 3.55. The SMILES string of the molecule is C[C@H]1C[C@H](CN(C)C)C[C@@H]1O. The first-order chi connectivity index (χ1) is 5.09. The molecule has 1 fully saturated rings. The van der Waals surface area contributed by atoms with Gasteiger partial charge in [0.15, 0.2) is 0 Å². The highest BCUT2D eigenvalue weighted by Gasteiger charge is 2.29. The van der Waals surface area contributed by atoms with Crippen LogP contribution in [0.25, 0.3) is 0 Å². The molecule has 0 radical (unpaired) electrons. The highest BCUT2D eigenvalue weighted by molar-refractivity contribution is 4.81. The van der Waals surface area contributed by atoms with Crippen molar-refractivity contribution in [3.63, 3.8) is 0 Å². The number of nitrogens with zero attached hydrogens (tertiary/aromatic N) is 1. The van der Waals surface area contributed by atoms with Crippen LogP contribution in [-0.2, 0) is 0 Å². The average Bonchev–Trinajstić information content (AvgIpc) is 2.10. The average molecular weight is 157 g/mol. The van der Waals surface area contributed by atoms with Crippen LogP contribution >= 0.6 is 0 Å². The Bertz CT molecular complexity index is 112. The van der Waals surface area contributed by atoms with Crippen LogP contribution < -0.4 is 0 Å². The van der Waals surface area contributed by atoms with Crippen LogP contribution in [0.1, 0.15) is 19.8 Å². The van der Waals surface area contributed by atoms with Gasteiger partial charge in [-0.1, -0.05) is 6.92 Å². The molecule has 11 heavy (non-hydrogen) atoms. The third-order valence-electron chi connectivity index (χ3n) is 2.56. The minimum absolute atomic E-state index is 0.0417. The first-order valence-electron chi connectivity index (χ1n) is 4.42. The first kappa shape index (κ1) is 9.01. The predicted octanol–water partition coefficient (Wildman–Crippen LogP) is 0.955. The number of aliphatic hydroxyl groups excluding tert-OH is 1. The molecule has 3 atom stereocenters. The Morgan fingerprint density at radius 3 is 2.36 bits per heavy atom. The molecular weight excluding hydrogens is 138 g/mol. The summed E-state index contributed by atoms with van der Waals surface area (Å²) in [5.74, 6) is 1.23. The molecule has 0 heterocycles. The van der Waals surface area contributed by atoms with Crippen molar-refractivity contribution in [1.82, 2.24) is 4.90 Å². The van der Waals surface area contributed by atoms with Crippen LogP contribution in [-0.4, -0.2) is 36.8 Å². The van der Waals surface area contributed by atoms with Crippen LogP contribution in [0.2, 0.25) is 0 Å². The van der Waals surface area contributed by atoms with E-state index in [-0.39, 0.29) is 6.10 Å². The van der Waals surface area contributed by atoms with E-state index < -0.39 is 0 Å². The molecule has 0 aromatic carbocycles. The molecule has 2 heteroatoms. The summed E-state index contributed by atoms with van der Waals surface area (Å²) < 4.78 is 0. The monoisotopic (exact) mass is 157 g/mol. The van der Waals surface area contributed by atoms with Crippen molar-refractivity contribution >= 4 is 0 Å². The van der Waals surface area contributed by atoms with Crippen molar-refractivity contribution < 1.29 is 5.11 Å². The van der Waals surface area contributed by atoms with E-state index in [0.717, 1.165) is 18.9 Å². The van der Waals surface area contributed by atoms with E-state index in [4.69, 9.17) is 0 Å². The summed E-state index contributed by atoms with van der Waals surface area (Å²) in [5, 5.41) is 9.46. The zero-order chi connectivity index (χ0) is 8.43. The van der Waals surface area contributed by atoms with Crippen molar-refractivity contribution in [2.45, 2.75) is 25.9 Å². The third kappa shape index (κ3) is 2.46. The van der Waals surface area contributed by atoms with E-state index in [9.17, 15) is 5.11 Å². The van der Waals surface area contributed by atoms with Crippen molar-refractivity contribution in [2.24, 2.45) is 11.8 Å². The second-order valence-electron chi connectivity index (χ2n) is 4.14. The summed E-state index contributed by atoms with van der Waals surface area (Å²) >= 11 is 0. The highest BCUT2D eigenvalue weighted by Crippen LogP contribution is 2.30. The molecule has 0 bridgehead atoms. The maximum atomic E-state index is 9.46. The van der Waals surface area contributed by atoms with Crippen molar-refractivity contribution in [2.75, 3.05) is 20.6 Å². The molecule has 0 saturated heterocycles. The summed E-state index contributed by atoms with van der Waals surface area (Å²) in [6, 6.07) is 0. The van der Waals surface area contributed by atoms with E-state index in [1.165, 1.54) is 6.42 Å². The van der Waals surface area contributed by atoms with E-state index in [1.54, 1.807) is 0 Å². The molecule has 1 aliphatic carbocycles. The summed E-state index contributed by atoms with van der Waals surface area (Å²) in [4.78, 5) is 2.20. The largest absolute Gasteiger partial charge is 0.393 e. The van der Waals surface area contributed by atoms with E-state index in [2.05, 4.69) is 25.9 Å². The van der Waals surface area contributed by atoms with Gasteiger partial charge in [0, 0.05) is 6.54 Å². The summed E-state index contributed by atoms with van der Waals surface area (Å²) in [6.07, 6.45) is 2.15. The summed E-state index contributed by atoms with van der Waals surface area (Å²) in [6.45, 7) is 3.27. The van der Waals surface area contributed by atoms with E-state index in [1.807, 2.05) is 0 Å². The lowest BCUT2D eigenvalue weighted by molar-refractivity contribution is 0.138. The maximum Gasteiger partial charge on any atom is 0.0569 e. The van der Waals surface area contributed by atoms with E-state index >= 15 is 0 Å². The Kier molecular flexibility index (Phi) is 2.90. The van der Waals surface area contributed by atoms with Gasteiger partial charge in [-0.25, -0.2) is 0 Å². The molecular formula is C9H19NO. The molecule has 0 unspecified atom stereocenters. The molecule has 1 saturated carbocycles. The Morgan fingerprint density at radius 2 is 2.00 bits per heavy atom. The first-order valence-corrected chi connectivity index (χ1v) is 4.42. The van der Waals surface area contributed by atoms with Crippen LogP contribution in [0.5, 0.6) is 0 Å². The Morgan fingerprint density at radius 1 is 1.36 bits per heavy atom. The molecule has 0 spiro atoms. The van der Waals surface area contributed by atoms with Crippen molar-refractivity contribution in [3.8, 4) is 0 Å². The third-order valence-corrected chi connectivity index (χ3v) is 2.56. The minimum atomic E-state index is -0.0417. The number of hydrogen-bond donors (Lipinski definition) is 1. The molecule has 1 aliphatic rings. The van der Waals surface area contributed by atoms with Gasteiger partial charge in [-0.15, -0.1) is 0 Å². The molecule has 2 nitrogen and oxygen atoms in total. The zero-order valence-corrected chi connectivity index (χ0v) is 7.75. The lowest BCUT2D eigenvalue weighted by Gasteiger charge is -2.14. The Balaban J connectivity index is 2.29. The van der Waals surface area contributed by atoms with Crippen LogP contribution in [0.3, 0.4) is 0 Å². The van der Waals surface area contributed by atoms with Crippen molar-refractivity contribution in [3.05, 3.63) is 0 Å². The van der Waals surface area contributed by atoms with Crippen LogP contribution in [0, 0.1) is 11.8 Å². The fraction of sp³-hybridized carbons (Fsp3) is 1.00. The smallest absolute Gasteiger partial charge is 0.0569 e. The van der Waals surface area contributed by atoms with Gasteiger partial charge < -0.3 is 10.0 Å². The minimum Gasteiger partial charge on any atom is -0.393 e. The standard InChI is InChI=1S/C9H19NO/c1-7-4-8(5-9(7)11)6-10(2)3/h7-9,11H,4-6H2,1-3H3/t7-,8-,9-/m0/s1. The molecule has 0 aromatic rings. The molecule has 0 aliphatic heterocycles. The molecule has 1 rings (SSSR count). The van der Waals surface area contributed by atoms with Crippen molar-refractivity contribution in [1.29, 1.82) is 0 Å². The number of aliphatic hydroxyl groups is 1. The quantitative estimate of drug-likeness (QED) is 0.645. The second-order valence-corrected chi connectivity index (χ2v) is 4.14. The van der Waals surface area contributed by atoms with Gasteiger partial charge in [-0.3, -0.25) is 0 Å². The van der Waals surface area contributed by atoms with Crippen LogP contribution in [0.4, 0.5) is 0 Å². The Labute approximate surface area is 69.2 Å². The van der Waals surface area contributed by atoms with Gasteiger partial charge in [-0.05, 0) is 38.8 Å². The molecule has 0 amide bonds. The van der Waals surface area contributed by atoms with Gasteiger partial charge in [0.1, 0.15) is 0 Å². The van der Waals surface area contributed by atoms with Gasteiger partial charge >= 0.3 is 0 Å². The predicted molar refractivity (Wildman–Crippen MR) is 46.4 cm³/mol. The molecule has 1 N–H and O–H groups in total. The summed E-state index contributed by atoms with van der Waals surface area (Å²) in [7, 11) is 4.19. The number of rotatable bonds is 2. The van der Waals surface area contributed by atoms with Crippen LogP contribution in [0.15, 0.2) is 0 Å². The lowest BCUT2D eigenvalue weighted by atomic mass is 10.1. The molecule has 0 aromatic heterocycles. The zero-order valence-electron chi connectivity index (χ0n) is 7.75. The maximum absolute atomic E-state index is 9.46. The molecule has 66 valence electrons. The summed E-state index contributed by atoms with van der Waals surface area (Å²) in [5.41, 5.74) is 0. The van der Waals surface area contributed by atoms with Gasteiger partial charge in [0.05, 0.1) is 6.10 Å². The Hall–Kier alpha value is -0.0800. The van der Waals surface area contributed by atoms with E-state index in [0.29, 0.717) is 5.92 Å². The lowest BCUT2D eigenvalue weighted by Crippen LogP contribution is -2.20. The highest BCUT2D eigenvalue weighted by atomic mass is 16.3. The van der Waals surface area contributed by atoms with Gasteiger partial charge in [0.25, 0.3) is 0 Å². The van der Waals surface area contributed by atoms with Gasteiger partial charge in [-0.2, -0.15) is 0 Å². The fourth-order valence-electron chi connectivity index (χ4n) is 2.02. The van der Waals surface area contributed by atoms with Gasteiger partial charge in [0.2, 0.25) is 0 Å². The normalized spacial score (nSPS) is 38.5. The topological polar surface area (TPSA) is 23.5 Å². The fourth-order valence-corrected chi connectivity index (χ4v) is 2.02.